The van der Waals surface area contributed by atoms with E-state index in [-0.39, 0.29) is 0 Å². The van der Waals surface area contributed by atoms with Crippen molar-refractivity contribution in [2.24, 2.45) is 0 Å². The number of anilines is 1. The van der Waals surface area contributed by atoms with E-state index in [0.717, 1.165) is 11.3 Å². The minimum absolute atomic E-state index is 0.512. The lowest BCUT2D eigenvalue weighted by atomic mass is 10.2. The number of nitrogens with two attached hydrogens (primary N) is 1. The molecule has 2 aromatic heterocycles. The van der Waals surface area contributed by atoms with Crippen LogP contribution in [0.5, 0.6) is 0 Å². The van der Waals surface area contributed by atoms with Crippen molar-refractivity contribution in [2.45, 2.75) is 0 Å². The van der Waals surface area contributed by atoms with Gasteiger partial charge in [0.1, 0.15) is 5.69 Å². The highest BCUT2D eigenvalue weighted by atomic mass is 35.5. The van der Waals surface area contributed by atoms with Crippen LogP contribution in [0.1, 0.15) is 0 Å². The fourth-order valence-electron chi connectivity index (χ4n) is 1.90. The maximum Gasteiger partial charge on any atom is 0.117 e. The monoisotopic (exact) mass is 304 g/mol. The topological polar surface area (TPSA) is 56.7 Å². The summed E-state index contributed by atoms with van der Waals surface area (Å²) >= 11 is 12.1. The number of pyridine rings is 1. The number of nitrogen functional groups attached to an aromatic ring is 1. The molecule has 3 rings (SSSR count). The average Bonchev–Trinajstić information content (AvgIpc) is 2.81. The summed E-state index contributed by atoms with van der Waals surface area (Å²) in [6.45, 7) is 0. The summed E-state index contributed by atoms with van der Waals surface area (Å²) in [5.74, 6) is 0. The quantitative estimate of drug-likeness (QED) is 0.783. The fourth-order valence-corrected chi connectivity index (χ4v) is 2.40. The second-order valence-electron chi connectivity index (χ2n) is 4.22. The predicted molar refractivity (Wildman–Crippen MR) is 81.2 cm³/mol. The molecular formula is C14H10Cl2N4. The van der Waals surface area contributed by atoms with Gasteiger partial charge in [-0.15, -0.1) is 0 Å². The van der Waals surface area contributed by atoms with Gasteiger partial charge in [0.2, 0.25) is 0 Å². The highest BCUT2D eigenvalue weighted by Gasteiger charge is 2.11. The number of aromatic nitrogens is 3. The lowest BCUT2D eigenvalue weighted by Gasteiger charge is -2.04. The van der Waals surface area contributed by atoms with E-state index in [1.807, 2.05) is 12.1 Å². The number of hydrogen-bond acceptors (Lipinski definition) is 3. The molecular weight excluding hydrogens is 295 g/mol. The van der Waals surface area contributed by atoms with Crippen LogP contribution in [-0.2, 0) is 0 Å². The van der Waals surface area contributed by atoms with Crippen molar-refractivity contribution in [1.29, 1.82) is 0 Å². The van der Waals surface area contributed by atoms with Crippen molar-refractivity contribution >= 4 is 28.9 Å². The van der Waals surface area contributed by atoms with Crippen molar-refractivity contribution in [3.63, 3.8) is 0 Å². The molecule has 2 heterocycles. The standard InChI is InChI=1S/C14H10Cl2N4/c15-10-3-4-13(11(16)6-10)20-8-12(17)14(19-20)9-2-1-5-18-7-9/h1-8H,17H2. The van der Waals surface area contributed by atoms with Crippen molar-refractivity contribution in [3.8, 4) is 16.9 Å². The summed E-state index contributed by atoms with van der Waals surface area (Å²) in [5, 5.41) is 5.55. The van der Waals surface area contributed by atoms with Crippen molar-refractivity contribution in [1.82, 2.24) is 14.8 Å². The van der Waals surface area contributed by atoms with Gasteiger partial charge >= 0.3 is 0 Å². The summed E-state index contributed by atoms with van der Waals surface area (Å²) in [5.41, 5.74) is 8.82. The fraction of sp³-hybridized carbons (Fsp3) is 0. The van der Waals surface area contributed by atoms with Crippen molar-refractivity contribution in [3.05, 3.63) is 59.0 Å². The average molecular weight is 305 g/mol. The van der Waals surface area contributed by atoms with Gasteiger partial charge in [-0.1, -0.05) is 23.2 Å². The number of halogens is 2. The van der Waals surface area contributed by atoms with E-state index in [4.69, 9.17) is 28.9 Å². The number of rotatable bonds is 2. The first-order valence-corrected chi connectivity index (χ1v) is 6.62. The molecule has 0 unspecified atom stereocenters. The van der Waals surface area contributed by atoms with E-state index in [9.17, 15) is 0 Å². The SMILES string of the molecule is Nc1cn(-c2ccc(Cl)cc2Cl)nc1-c1cccnc1. The van der Waals surface area contributed by atoms with Crippen LogP contribution in [0.3, 0.4) is 0 Å². The van der Waals surface area contributed by atoms with Crippen LogP contribution in [0, 0.1) is 0 Å². The predicted octanol–water partition coefficient (Wildman–Crippen LogP) is 3.82. The molecule has 0 bridgehead atoms. The Bertz CT molecular complexity index is 753. The maximum absolute atomic E-state index is 6.17. The zero-order valence-corrected chi connectivity index (χ0v) is 11.8. The molecule has 6 heteroatoms. The third-order valence-electron chi connectivity index (χ3n) is 2.83. The number of benzene rings is 1. The van der Waals surface area contributed by atoms with E-state index in [0.29, 0.717) is 21.4 Å². The van der Waals surface area contributed by atoms with E-state index in [2.05, 4.69) is 10.1 Å². The zero-order chi connectivity index (χ0) is 14.1. The molecule has 3 aromatic rings. The smallest absolute Gasteiger partial charge is 0.117 e. The molecule has 0 aliphatic carbocycles. The summed E-state index contributed by atoms with van der Waals surface area (Å²) in [6.07, 6.45) is 5.14. The van der Waals surface area contributed by atoms with Gasteiger partial charge in [-0.3, -0.25) is 4.98 Å². The second-order valence-corrected chi connectivity index (χ2v) is 5.06. The first-order chi connectivity index (χ1) is 9.65. The van der Waals surface area contributed by atoms with Gasteiger partial charge in [0.15, 0.2) is 0 Å². The minimum Gasteiger partial charge on any atom is -0.396 e. The Balaban J connectivity index is 2.09. The third kappa shape index (κ3) is 2.35. The molecule has 100 valence electrons. The van der Waals surface area contributed by atoms with Gasteiger partial charge < -0.3 is 5.73 Å². The molecule has 1 aromatic carbocycles. The maximum atomic E-state index is 6.17. The second kappa shape index (κ2) is 5.15. The Morgan fingerprint density at radius 1 is 1.15 bits per heavy atom. The molecule has 4 nitrogen and oxygen atoms in total. The van der Waals surface area contributed by atoms with Crippen molar-refractivity contribution in [2.75, 3.05) is 5.73 Å². The lowest BCUT2D eigenvalue weighted by molar-refractivity contribution is 0.884. The first kappa shape index (κ1) is 13.0. The third-order valence-corrected chi connectivity index (χ3v) is 3.37. The van der Waals surface area contributed by atoms with E-state index in [1.165, 1.54) is 0 Å². The molecule has 0 atom stereocenters. The zero-order valence-electron chi connectivity index (χ0n) is 10.3. The van der Waals surface area contributed by atoms with Crippen LogP contribution in [0.4, 0.5) is 5.69 Å². The molecule has 20 heavy (non-hydrogen) atoms. The number of hydrogen-bond donors (Lipinski definition) is 1. The number of nitrogens with zero attached hydrogens (tertiary/aromatic N) is 3. The van der Waals surface area contributed by atoms with Crippen LogP contribution in [0.2, 0.25) is 10.0 Å². The van der Waals surface area contributed by atoms with E-state index in [1.54, 1.807) is 41.5 Å². The molecule has 0 aliphatic heterocycles. The Kier molecular flexibility index (Phi) is 3.34. The Labute approximate surface area is 125 Å². The Hall–Kier alpha value is -2.04. The van der Waals surface area contributed by atoms with Crippen LogP contribution >= 0.6 is 23.2 Å². The van der Waals surface area contributed by atoms with Gasteiger partial charge in [0.05, 0.1) is 22.6 Å². The molecule has 0 spiro atoms. The Morgan fingerprint density at radius 3 is 2.70 bits per heavy atom. The van der Waals surface area contributed by atoms with Crippen LogP contribution < -0.4 is 5.73 Å². The summed E-state index contributed by atoms with van der Waals surface area (Å²) < 4.78 is 1.64. The van der Waals surface area contributed by atoms with Gasteiger partial charge in [0.25, 0.3) is 0 Å². The molecule has 0 fully saturated rings. The first-order valence-electron chi connectivity index (χ1n) is 5.86. The largest absolute Gasteiger partial charge is 0.396 e. The summed E-state index contributed by atoms with van der Waals surface area (Å²) in [6, 6.07) is 8.96. The van der Waals surface area contributed by atoms with Crippen molar-refractivity contribution < 1.29 is 0 Å². The highest BCUT2D eigenvalue weighted by Crippen LogP contribution is 2.28. The molecule has 0 aliphatic rings. The van der Waals surface area contributed by atoms with E-state index < -0.39 is 0 Å². The molecule has 0 saturated heterocycles. The summed E-state index contributed by atoms with van der Waals surface area (Å²) in [4.78, 5) is 4.06. The highest BCUT2D eigenvalue weighted by molar-refractivity contribution is 6.35. The van der Waals surface area contributed by atoms with Gasteiger partial charge in [-0.2, -0.15) is 5.10 Å². The lowest BCUT2D eigenvalue weighted by Crippen LogP contribution is -1.96. The van der Waals surface area contributed by atoms with Crippen LogP contribution in [0.15, 0.2) is 48.9 Å². The van der Waals surface area contributed by atoms with Crippen LogP contribution in [-0.4, -0.2) is 14.8 Å². The Morgan fingerprint density at radius 2 is 2.00 bits per heavy atom. The van der Waals surface area contributed by atoms with Gasteiger partial charge in [-0.05, 0) is 30.3 Å². The molecule has 0 saturated carbocycles. The summed E-state index contributed by atoms with van der Waals surface area (Å²) in [7, 11) is 0. The molecule has 2 N–H and O–H groups in total. The van der Waals surface area contributed by atoms with Gasteiger partial charge in [-0.25, -0.2) is 4.68 Å². The molecule has 0 radical (unpaired) electrons. The normalized spacial score (nSPS) is 10.7. The molecule has 0 amide bonds. The minimum atomic E-state index is 0.512. The van der Waals surface area contributed by atoms with Crippen LogP contribution in [0.25, 0.3) is 16.9 Å². The van der Waals surface area contributed by atoms with E-state index >= 15 is 0 Å². The van der Waals surface area contributed by atoms with Gasteiger partial charge in [0, 0.05) is 23.0 Å².